The van der Waals surface area contributed by atoms with Gasteiger partial charge in [-0.25, -0.2) is 0 Å². The Morgan fingerprint density at radius 2 is 1.62 bits per heavy atom. The molecule has 0 aromatic heterocycles. The van der Waals surface area contributed by atoms with Crippen LogP contribution in [0.5, 0.6) is 11.5 Å². The van der Waals surface area contributed by atoms with E-state index in [0.717, 1.165) is 26.0 Å². The van der Waals surface area contributed by atoms with E-state index in [4.69, 9.17) is 9.47 Å². The lowest BCUT2D eigenvalue weighted by molar-refractivity contribution is 0.397. The first kappa shape index (κ1) is 17.6. The molecule has 0 bridgehead atoms. The van der Waals surface area contributed by atoms with Gasteiger partial charge in [0.15, 0.2) is 0 Å². The molecule has 0 fully saturated rings. The highest BCUT2D eigenvalue weighted by atomic mass is 127. The predicted octanol–water partition coefficient (Wildman–Crippen LogP) is 6.32. The highest BCUT2D eigenvalue weighted by Gasteiger charge is 2.20. The lowest BCUT2D eigenvalue weighted by atomic mass is 10.0. The second-order valence-electron chi connectivity index (χ2n) is 4.26. The SMILES string of the molecule is COc1cc(C(Br)c2cc(Br)ccc2I)c(OC)cc1Br. The third-order valence-corrected chi connectivity index (χ3v) is 6.09. The minimum Gasteiger partial charge on any atom is -0.496 e. The maximum absolute atomic E-state index is 5.51. The molecule has 1 atom stereocenters. The summed E-state index contributed by atoms with van der Waals surface area (Å²) in [7, 11) is 3.33. The van der Waals surface area contributed by atoms with E-state index >= 15 is 0 Å². The van der Waals surface area contributed by atoms with Crippen molar-refractivity contribution in [2.75, 3.05) is 14.2 Å². The summed E-state index contributed by atoms with van der Waals surface area (Å²) in [6, 6.07) is 10.1. The highest BCUT2D eigenvalue weighted by molar-refractivity contribution is 14.1. The van der Waals surface area contributed by atoms with Crippen molar-refractivity contribution < 1.29 is 9.47 Å². The number of ether oxygens (including phenoxy) is 2. The largest absolute Gasteiger partial charge is 0.496 e. The number of hydrogen-bond acceptors (Lipinski definition) is 2. The minimum absolute atomic E-state index is 0.0128. The normalized spacial score (nSPS) is 12.1. The Morgan fingerprint density at radius 1 is 0.952 bits per heavy atom. The molecule has 0 aliphatic rings. The number of alkyl halides is 1. The monoisotopic (exact) mass is 588 g/mol. The van der Waals surface area contributed by atoms with Crippen molar-refractivity contribution in [3.63, 3.8) is 0 Å². The zero-order valence-electron chi connectivity index (χ0n) is 11.3. The quantitative estimate of drug-likeness (QED) is 0.307. The van der Waals surface area contributed by atoms with Gasteiger partial charge in [0.25, 0.3) is 0 Å². The number of hydrogen-bond donors (Lipinski definition) is 0. The van der Waals surface area contributed by atoms with Crippen LogP contribution < -0.4 is 9.47 Å². The molecule has 0 spiro atoms. The lowest BCUT2D eigenvalue weighted by Crippen LogP contribution is -2.00. The van der Waals surface area contributed by atoms with E-state index in [2.05, 4.69) is 82.5 Å². The Bertz CT molecular complexity index is 662. The van der Waals surface area contributed by atoms with Gasteiger partial charge < -0.3 is 9.47 Å². The smallest absolute Gasteiger partial charge is 0.133 e. The fraction of sp³-hybridized carbons (Fsp3) is 0.200. The average molecular weight is 591 g/mol. The van der Waals surface area contributed by atoms with Crippen molar-refractivity contribution in [1.29, 1.82) is 0 Å². The molecule has 112 valence electrons. The summed E-state index contributed by atoms with van der Waals surface area (Å²) in [5.41, 5.74) is 2.20. The topological polar surface area (TPSA) is 18.5 Å². The Kier molecular flexibility index (Phi) is 6.40. The second kappa shape index (κ2) is 7.66. The van der Waals surface area contributed by atoms with Gasteiger partial charge in [-0.2, -0.15) is 0 Å². The summed E-state index contributed by atoms with van der Waals surface area (Å²) in [5, 5.41) is 0. The van der Waals surface area contributed by atoms with E-state index in [-0.39, 0.29) is 4.83 Å². The van der Waals surface area contributed by atoms with Gasteiger partial charge in [-0.05, 0) is 74.4 Å². The van der Waals surface area contributed by atoms with Crippen LogP contribution in [0.3, 0.4) is 0 Å². The summed E-state index contributed by atoms with van der Waals surface area (Å²) in [5.74, 6) is 1.58. The molecule has 2 nitrogen and oxygen atoms in total. The van der Waals surface area contributed by atoms with Gasteiger partial charge in [0.05, 0.1) is 23.5 Å². The van der Waals surface area contributed by atoms with Gasteiger partial charge in [-0.1, -0.05) is 31.9 Å². The molecule has 0 saturated heterocycles. The summed E-state index contributed by atoms with van der Waals surface area (Å²) >= 11 is 13.1. The van der Waals surface area contributed by atoms with Crippen molar-refractivity contribution in [2.45, 2.75) is 4.83 Å². The van der Waals surface area contributed by atoms with Crippen LogP contribution in [-0.2, 0) is 0 Å². The Morgan fingerprint density at radius 3 is 2.24 bits per heavy atom. The van der Waals surface area contributed by atoms with Crippen molar-refractivity contribution in [1.82, 2.24) is 0 Å². The maximum atomic E-state index is 5.51. The molecule has 2 aromatic carbocycles. The Balaban J connectivity index is 2.56. The third kappa shape index (κ3) is 3.95. The molecule has 2 aromatic rings. The molecular weight excluding hydrogens is 579 g/mol. The van der Waals surface area contributed by atoms with Crippen molar-refractivity contribution >= 4 is 70.4 Å². The zero-order chi connectivity index (χ0) is 15.6. The first-order chi connectivity index (χ1) is 9.97. The molecule has 0 saturated carbocycles. The molecule has 0 aliphatic carbocycles. The molecule has 0 radical (unpaired) electrons. The van der Waals surface area contributed by atoms with E-state index in [1.165, 1.54) is 9.13 Å². The van der Waals surface area contributed by atoms with Crippen LogP contribution in [-0.4, -0.2) is 14.2 Å². The van der Waals surface area contributed by atoms with Crippen LogP contribution >= 0.6 is 70.4 Å². The zero-order valence-corrected chi connectivity index (χ0v) is 18.2. The standard InChI is InChI=1S/C15H12Br3IO2/c1-20-13-7-11(17)14(21-2)6-10(13)15(18)9-5-8(16)3-4-12(9)19/h3-7,15H,1-2H3. The van der Waals surface area contributed by atoms with Gasteiger partial charge in [0, 0.05) is 13.6 Å². The molecule has 0 heterocycles. The van der Waals surface area contributed by atoms with Gasteiger partial charge in [-0.3, -0.25) is 0 Å². The van der Waals surface area contributed by atoms with E-state index in [0.29, 0.717) is 0 Å². The van der Waals surface area contributed by atoms with E-state index < -0.39 is 0 Å². The fourth-order valence-corrected chi connectivity index (χ4v) is 4.63. The van der Waals surface area contributed by atoms with Gasteiger partial charge >= 0.3 is 0 Å². The molecule has 2 rings (SSSR count). The van der Waals surface area contributed by atoms with E-state index in [1.807, 2.05) is 18.2 Å². The molecule has 21 heavy (non-hydrogen) atoms. The molecule has 0 N–H and O–H groups in total. The third-order valence-electron chi connectivity index (χ3n) is 3.01. The predicted molar refractivity (Wildman–Crippen MR) is 105 cm³/mol. The van der Waals surface area contributed by atoms with E-state index in [1.54, 1.807) is 14.2 Å². The summed E-state index contributed by atoms with van der Waals surface area (Å²) in [6.07, 6.45) is 0. The second-order valence-corrected chi connectivity index (χ2v) is 8.10. The minimum atomic E-state index is 0.0128. The number of methoxy groups -OCH3 is 2. The first-order valence-electron chi connectivity index (χ1n) is 5.98. The van der Waals surface area contributed by atoms with Crippen molar-refractivity contribution in [3.8, 4) is 11.5 Å². The van der Waals surface area contributed by atoms with Crippen LogP contribution in [0.1, 0.15) is 16.0 Å². The summed E-state index contributed by atoms with van der Waals surface area (Å²) < 4.78 is 14.0. The molecule has 6 heteroatoms. The number of benzene rings is 2. The van der Waals surface area contributed by atoms with E-state index in [9.17, 15) is 0 Å². The Labute approximate surface area is 163 Å². The summed E-state index contributed by atoms with van der Waals surface area (Å²) in [4.78, 5) is 0.0128. The lowest BCUT2D eigenvalue weighted by Gasteiger charge is -2.18. The van der Waals surface area contributed by atoms with Crippen molar-refractivity contribution in [3.05, 3.63) is 54.0 Å². The van der Waals surface area contributed by atoms with Crippen LogP contribution in [0.2, 0.25) is 0 Å². The van der Waals surface area contributed by atoms with Crippen LogP contribution in [0, 0.1) is 3.57 Å². The number of rotatable bonds is 4. The fourth-order valence-electron chi connectivity index (χ4n) is 1.96. The average Bonchev–Trinajstić information content (AvgIpc) is 2.48. The first-order valence-corrected chi connectivity index (χ1v) is 9.56. The van der Waals surface area contributed by atoms with Gasteiger partial charge in [0.1, 0.15) is 11.5 Å². The maximum Gasteiger partial charge on any atom is 0.133 e. The number of halogens is 4. The van der Waals surface area contributed by atoms with Gasteiger partial charge in [-0.15, -0.1) is 0 Å². The van der Waals surface area contributed by atoms with Crippen LogP contribution in [0.15, 0.2) is 39.3 Å². The molecular formula is C15H12Br3IO2. The highest BCUT2D eigenvalue weighted by Crippen LogP contribution is 2.43. The van der Waals surface area contributed by atoms with Gasteiger partial charge in [0.2, 0.25) is 0 Å². The molecule has 1 unspecified atom stereocenters. The Hall–Kier alpha value is 0.210. The van der Waals surface area contributed by atoms with Crippen LogP contribution in [0.4, 0.5) is 0 Å². The molecule has 0 aliphatic heterocycles. The van der Waals surface area contributed by atoms with Crippen LogP contribution in [0.25, 0.3) is 0 Å². The molecule has 0 amide bonds. The summed E-state index contributed by atoms with van der Waals surface area (Å²) in [6.45, 7) is 0. The van der Waals surface area contributed by atoms with Crippen molar-refractivity contribution in [2.24, 2.45) is 0 Å².